The van der Waals surface area contributed by atoms with E-state index < -0.39 is 17.0 Å². The Balaban J connectivity index is 2.26. The molecular weight excluding hydrogens is 214 g/mol. The predicted octanol–water partition coefficient (Wildman–Crippen LogP) is 0.309. The molecule has 2 saturated heterocycles. The first-order chi connectivity index (χ1) is 7.11. The lowest BCUT2D eigenvalue weighted by molar-refractivity contribution is -0.169. The quantitative estimate of drug-likeness (QED) is 0.638. The number of carbonyl (C=O) groups is 1. The first-order valence-corrected chi connectivity index (χ1v) is 6.50. The van der Waals surface area contributed by atoms with E-state index in [2.05, 4.69) is 5.32 Å². The van der Waals surface area contributed by atoms with E-state index in [1.54, 1.807) is 11.8 Å². The van der Waals surface area contributed by atoms with Gasteiger partial charge in [-0.05, 0) is 38.1 Å². The van der Waals surface area contributed by atoms with Crippen molar-refractivity contribution < 1.29 is 15.0 Å². The van der Waals surface area contributed by atoms with Gasteiger partial charge < -0.3 is 15.5 Å². The first kappa shape index (κ1) is 11.2. The molecule has 0 saturated carbocycles. The summed E-state index contributed by atoms with van der Waals surface area (Å²) in [4.78, 5) is 11.4. The van der Waals surface area contributed by atoms with E-state index >= 15 is 0 Å². The maximum Gasteiger partial charge on any atom is 0.313 e. The third kappa shape index (κ3) is 1.66. The lowest BCUT2D eigenvalue weighted by Crippen LogP contribution is -2.58. The van der Waals surface area contributed by atoms with Crippen LogP contribution in [0, 0.1) is 5.41 Å². The fourth-order valence-corrected chi connectivity index (χ4v) is 4.14. The molecule has 0 radical (unpaired) electrons. The maximum atomic E-state index is 11.4. The van der Waals surface area contributed by atoms with E-state index in [4.69, 9.17) is 0 Å². The highest BCUT2D eigenvalue weighted by Gasteiger charge is 2.57. The molecule has 2 aliphatic rings. The molecule has 0 amide bonds. The van der Waals surface area contributed by atoms with Gasteiger partial charge in [0.25, 0.3) is 0 Å². The smallest absolute Gasteiger partial charge is 0.313 e. The Morgan fingerprint density at radius 2 is 1.93 bits per heavy atom. The van der Waals surface area contributed by atoms with Crippen LogP contribution in [0.4, 0.5) is 0 Å². The van der Waals surface area contributed by atoms with E-state index in [1.165, 1.54) is 0 Å². The minimum atomic E-state index is -1.01. The molecule has 0 aromatic heterocycles. The maximum absolute atomic E-state index is 11.4. The van der Waals surface area contributed by atoms with E-state index in [-0.39, 0.29) is 0 Å². The van der Waals surface area contributed by atoms with Crippen molar-refractivity contribution in [3.63, 3.8) is 0 Å². The van der Waals surface area contributed by atoms with Gasteiger partial charge in [0.15, 0.2) is 0 Å². The molecule has 5 heteroatoms. The van der Waals surface area contributed by atoms with E-state index in [0.29, 0.717) is 25.0 Å². The Kier molecular flexibility index (Phi) is 2.96. The molecular formula is C10H17NO3S. The van der Waals surface area contributed by atoms with Gasteiger partial charge in [-0.1, -0.05) is 0 Å². The molecule has 4 nitrogen and oxygen atoms in total. The second-order valence-electron chi connectivity index (χ2n) is 4.47. The molecule has 86 valence electrons. The van der Waals surface area contributed by atoms with Crippen molar-refractivity contribution >= 4 is 17.7 Å². The highest BCUT2D eigenvalue weighted by atomic mass is 32.2. The number of nitrogens with one attached hydrogen (secondary N) is 1. The van der Waals surface area contributed by atoms with Crippen LogP contribution in [0.25, 0.3) is 0 Å². The number of carboxylic acids is 1. The third-order valence-electron chi connectivity index (χ3n) is 3.75. The third-order valence-corrected chi connectivity index (χ3v) is 4.94. The molecule has 2 aliphatic heterocycles. The zero-order chi connectivity index (χ0) is 10.9. The van der Waals surface area contributed by atoms with Crippen LogP contribution in [-0.2, 0) is 4.79 Å². The molecule has 0 aromatic rings. The fourth-order valence-electron chi connectivity index (χ4n) is 2.62. The molecule has 0 spiro atoms. The van der Waals surface area contributed by atoms with Crippen molar-refractivity contribution in [3.8, 4) is 0 Å². The van der Waals surface area contributed by atoms with Crippen LogP contribution < -0.4 is 5.32 Å². The van der Waals surface area contributed by atoms with Crippen molar-refractivity contribution in [2.45, 2.75) is 24.9 Å². The standard InChI is InChI=1S/C10H17NO3S/c12-8(13)9(3-6-15-7-9)10(14)1-4-11-5-2-10/h11,14H,1-7H2,(H,12,13). The molecule has 1 unspecified atom stereocenters. The summed E-state index contributed by atoms with van der Waals surface area (Å²) in [6, 6.07) is 0. The highest BCUT2D eigenvalue weighted by molar-refractivity contribution is 7.99. The molecule has 2 rings (SSSR count). The zero-order valence-electron chi connectivity index (χ0n) is 8.66. The molecule has 15 heavy (non-hydrogen) atoms. The van der Waals surface area contributed by atoms with Crippen LogP contribution >= 0.6 is 11.8 Å². The Labute approximate surface area is 93.4 Å². The van der Waals surface area contributed by atoms with Gasteiger partial charge in [-0.2, -0.15) is 11.8 Å². The van der Waals surface area contributed by atoms with Crippen LogP contribution in [0.1, 0.15) is 19.3 Å². The number of hydrogen-bond donors (Lipinski definition) is 3. The first-order valence-electron chi connectivity index (χ1n) is 5.35. The van der Waals surface area contributed by atoms with Crippen molar-refractivity contribution in [3.05, 3.63) is 0 Å². The largest absolute Gasteiger partial charge is 0.481 e. The number of carboxylic acid groups (broad SMARTS) is 1. The summed E-state index contributed by atoms with van der Waals surface area (Å²) in [6.45, 7) is 1.44. The van der Waals surface area contributed by atoms with Gasteiger partial charge in [0, 0.05) is 5.75 Å². The number of thioether (sulfide) groups is 1. The lowest BCUT2D eigenvalue weighted by atomic mass is 9.67. The summed E-state index contributed by atoms with van der Waals surface area (Å²) >= 11 is 1.64. The number of rotatable bonds is 2. The molecule has 0 aliphatic carbocycles. The van der Waals surface area contributed by atoms with Gasteiger partial charge in [0.1, 0.15) is 5.41 Å². The van der Waals surface area contributed by atoms with E-state index in [1.807, 2.05) is 0 Å². The normalized spacial score (nSPS) is 35.3. The van der Waals surface area contributed by atoms with Gasteiger partial charge in [0.05, 0.1) is 5.60 Å². The van der Waals surface area contributed by atoms with Gasteiger partial charge in [0.2, 0.25) is 0 Å². The summed E-state index contributed by atoms with van der Waals surface area (Å²) in [5, 5.41) is 23.1. The number of aliphatic hydroxyl groups is 1. The summed E-state index contributed by atoms with van der Waals surface area (Å²) in [7, 11) is 0. The molecule has 0 bridgehead atoms. The monoisotopic (exact) mass is 231 g/mol. The van der Waals surface area contributed by atoms with Crippen molar-refractivity contribution in [2.75, 3.05) is 24.6 Å². The number of hydrogen-bond acceptors (Lipinski definition) is 4. The average Bonchev–Trinajstić information content (AvgIpc) is 2.69. The molecule has 0 aromatic carbocycles. The van der Waals surface area contributed by atoms with Crippen LogP contribution in [0.3, 0.4) is 0 Å². The topological polar surface area (TPSA) is 69.6 Å². The Morgan fingerprint density at radius 1 is 1.27 bits per heavy atom. The van der Waals surface area contributed by atoms with E-state index in [9.17, 15) is 15.0 Å². The number of piperidine rings is 1. The lowest BCUT2D eigenvalue weighted by Gasteiger charge is -2.44. The molecule has 2 heterocycles. The van der Waals surface area contributed by atoms with Gasteiger partial charge in [-0.25, -0.2) is 0 Å². The summed E-state index contributed by atoms with van der Waals surface area (Å²) < 4.78 is 0. The molecule has 3 N–H and O–H groups in total. The predicted molar refractivity (Wildman–Crippen MR) is 59.1 cm³/mol. The summed E-state index contributed by atoms with van der Waals surface area (Å²) in [5.74, 6) is 0.581. The average molecular weight is 231 g/mol. The Hall–Kier alpha value is -0.260. The van der Waals surface area contributed by atoms with Gasteiger partial charge in [-0.15, -0.1) is 0 Å². The fraction of sp³-hybridized carbons (Fsp3) is 0.900. The minimum Gasteiger partial charge on any atom is -0.481 e. The van der Waals surface area contributed by atoms with Gasteiger partial charge in [-0.3, -0.25) is 4.79 Å². The van der Waals surface area contributed by atoms with Crippen LogP contribution in [0.15, 0.2) is 0 Å². The van der Waals surface area contributed by atoms with Crippen molar-refractivity contribution in [2.24, 2.45) is 5.41 Å². The van der Waals surface area contributed by atoms with Crippen LogP contribution in [0.5, 0.6) is 0 Å². The second-order valence-corrected chi connectivity index (χ2v) is 5.58. The zero-order valence-corrected chi connectivity index (χ0v) is 9.48. The molecule has 2 fully saturated rings. The van der Waals surface area contributed by atoms with E-state index in [0.717, 1.165) is 18.8 Å². The number of aliphatic carboxylic acids is 1. The van der Waals surface area contributed by atoms with Crippen LogP contribution in [-0.4, -0.2) is 46.4 Å². The summed E-state index contributed by atoms with van der Waals surface area (Å²) in [5.41, 5.74) is -1.91. The minimum absolute atomic E-state index is 0.554. The van der Waals surface area contributed by atoms with Gasteiger partial charge >= 0.3 is 5.97 Å². The summed E-state index contributed by atoms with van der Waals surface area (Å²) in [6.07, 6.45) is 1.71. The highest BCUT2D eigenvalue weighted by Crippen LogP contribution is 2.48. The Bertz CT molecular complexity index is 257. The van der Waals surface area contributed by atoms with Crippen molar-refractivity contribution in [1.82, 2.24) is 5.32 Å². The molecule has 1 atom stereocenters. The Morgan fingerprint density at radius 3 is 2.40 bits per heavy atom. The van der Waals surface area contributed by atoms with Crippen LogP contribution in [0.2, 0.25) is 0 Å². The van der Waals surface area contributed by atoms with Crippen molar-refractivity contribution in [1.29, 1.82) is 0 Å². The second kappa shape index (κ2) is 3.96. The SMILES string of the molecule is O=C(O)C1(C2(O)CCNCC2)CCSC1.